The van der Waals surface area contributed by atoms with Crippen molar-refractivity contribution in [1.82, 2.24) is 10.2 Å². The predicted molar refractivity (Wildman–Crippen MR) is 138 cm³/mol. The molecule has 1 aliphatic rings. The molecule has 1 unspecified atom stereocenters. The van der Waals surface area contributed by atoms with E-state index in [1.165, 1.54) is 12.1 Å². The summed E-state index contributed by atoms with van der Waals surface area (Å²) in [6, 6.07) is 11.7. The Morgan fingerprint density at radius 2 is 1.66 bits per heavy atom. The largest absolute Gasteiger partial charge is 0.444 e. The fourth-order valence-electron chi connectivity index (χ4n) is 4.43. The number of rotatable bonds is 6. The molecule has 0 bridgehead atoms. The molecule has 1 aliphatic heterocycles. The van der Waals surface area contributed by atoms with E-state index in [2.05, 4.69) is 5.32 Å². The minimum absolute atomic E-state index is 0.0194. The highest BCUT2D eigenvalue weighted by molar-refractivity contribution is 6.34. The van der Waals surface area contributed by atoms with Crippen molar-refractivity contribution in [2.75, 3.05) is 19.6 Å². The number of halogens is 3. The molecule has 1 N–H and O–H groups in total. The number of ether oxygens (including phenoxy) is 1. The number of benzene rings is 2. The van der Waals surface area contributed by atoms with E-state index in [1.54, 1.807) is 23.1 Å². The van der Waals surface area contributed by atoms with E-state index < -0.39 is 11.0 Å². The zero-order valence-corrected chi connectivity index (χ0v) is 22.2. The number of piperidine rings is 1. The van der Waals surface area contributed by atoms with Crippen molar-refractivity contribution < 1.29 is 18.7 Å². The van der Waals surface area contributed by atoms with Gasteiger partial charge in [-0.25, -0.2) is 9.18 Å². The maximum Gasteiger partial charge on any atom is 0.410 e. The van der Waals surface area contributed by atoms with Gasteiger partial charge in [-0.15, -0.1) is 0 Å². The molecule has 0 aromatic heterocycles. The lowest BCUT2D eigenvalue weighted by Crippen LogP contribution is -2.48. The van der Waals surface area contributed by atoms with Gasteiger partial charge in [0.15, 0.2) is 0 Å². The smallest absolute Gasteiger partial charge is 0.410 e. The van der Waals surface area contributed by atoms with E-state index in [4.69, 9.17) is 27.9 Å². The molecule has 5 nitrogen and oxygen atoms in total. The molecular weight excluding hydrogens is 490 g/mol. The standard InChI is InChI=1S/C27H33Cl2FN2O3/c1-18(19-13-21(28)15-22(29)14-19)17-31-24(33)16-27(20-5-7-23(30)8-6-20)9-11-32(12-10-27)25(34)35-26(2,3)4/h5-8,13-15,18H,9-12,16-17H2,1-4H3,(H,31,33). The maximum atomic E-state index is 13.6. The molecule has 1 heterocycles. The van der Waals surface area contributed by atoms with Crippen LogP contribution < -0.4 is 5.32 Å². The highest BCUT2D eigenvalue weighted by Gasteiger charge is 2.40. The van der Waals surface area contributed by atoms with Crippen LogP contribution in [0.1, 0.15) is 64.0 Å². The molecule has 190 valence electrons. The van der Waals surface area contributed by atoms with E-state index in [0.29, 0.717) is 42.5 Å². The Morgan fingerprint density at radius 3 is 2.20 bits per heavy atom. The monoisotopic (exact) mass is 522 g/mol. The first-order valence-electron chi connectivity index (χ1n) is 11.8. The minimum atomic E-state index is -0.577. The number of carbonyl (C=O) groups excluding carboxylic acids is 2. The topological polar surface area (TPSA) is 58.6 Å². The van der Waals surface area contributed by atoms with Crippen molar-refractivity contribution in [3.05, 3.63) is 69.5 Å². The van der Waals surface area contributed by atoms with Gasteiger partial charge in [-0.2, -0.15) is 0 Å². The van der Waals surface area contributed by atoms with Crippen molar-refractivity contribution in [2.24, 2.45) is 0 Å². The fourth-order valence-corrected chi connectivity index (χ4v) is 4.97. The third-order valence-electron chi connectivity index (χ3n) is 6.39. The molecule has 0 saturated carbocycles. The van der Waals surface area contributed by atoms with E-state index in [1.807, 2.05) is 39.8 Å². The van der Waals surface area contributed by atoms with E-state index in [-0.39, 0.29) is 30.2 Å². The molecule has 2 aromatic carbocycles. The van der Waals surface area contributed by atoms with Crippen LogP contribution in [0.3, 0.4) is 0 Å². The summed E-state index contributed by atoms with van der Waals surface area (Å²) in [5.74, 6) is -0.403. The molecule has 2 aromatic rings. The Bertz CT molecular complexity index is 1030. The van der Waals surface area contributed by atoms with Crippen molar-refractivity contribution in [2.45, 2.75) is 63.9 Å². The van der Waals surface area contributed by atoms with E-state index >= 15 is 0 Å². The predicted octanol–water partition coefficient (Wildman–Crippen LogP) is 6.71. The SMILES string of the molecule is CC(CNC(=O)CC1(c2ccc(F)cc2)CCN(C(=O)OC(C)(C)C)CC1)c1cc(Cl)cc(Cl)c1. The van der Waals surface area contributed by atoms with Crippen LogP contribution in [0.5, 0.6) is 0 Å². The van der Waals surface area contributed by atoms with Crippen LogP contribution in [-0.2, 0) is 14.9 Å². The molecular formula is C27H33Cl2FN2O3. The third kappa shape index (κ3) is 7.58. The van der Waals surface area contributed by atoms with Gasteiger partial charge in [0.25, 0.3) is 0 Å². The molecule has 2 amide bonds. The van der Waals surface area contributed by atoms with Gasteiger partial charge in [-0.1, -0.05) is 42.3 Å². The maximum absolute atomic E-state index is 13.6. The third-order valence-corrected chi connectivity index (χ3v) is 6.82. The second-order valence-electron chi connectivity index (χ2n) is 10.3. The van der Waals surface area contributed by atoms with E-state index in [9.17, 15) is 14.0 Å². The van der Waals surface area contributed by atoms with Crippen LogP contribution >= 0.6 is 23.2 Å². The summed E-state index contributed by atoms with van der Waals surface area (Å²) in [5, 5.41) is 4.14. The number of hydrogen-bond donors (Lipinski definition) is 1. The number of hydrogen-bond acceptors (Lipinski definition) is 3. The first-order chi connectivity index (χ1) is 16.4. The van der Waals surface area contributed by atoms with Crippen molar-refractivity contribution in [3.63, 3.8) is 0 Å². The van der Waals surface area contributed by atoms with Crippen molar-refractivity contribution in [1.29, 1.82) is 0 Å². The summed E-state index contributed by atoms with van der Waals surface area (Å²) in [4.78, 5) is 27.3. The van der Waals surface area contributed by atoms with Crippen LogP contribution in [0, 0.1) is 5.82 Å². The number of likely N-dealkylation sites (tertiary alicyclic amines) is 1. The van der Waals surface area contributed by atoms with Crippen LogP contribution in [-0.4, -0.2) is 42.1 Å². The molecule has 35 heavy (non-hydrogen) atoms. The molecule has 0 spiro atoms. The molecule has 8 heteroatoms. The van der Waals surface area contributed by atoms with Crippen LogP contribution in [0.4, 0.5) is 9.18 Å². The Labute approximate surface area is 216 Å². The summed E-state index contributed by atoms with van der Waals surface area (Å²) in [6.45, 7) is 8.84. The van der Waals surface area contributed by atoms with Gasteiger partial charge >= 0.3 is 6.09 Å². The lowest BCUT2D eigenvalue weighted by atomic mass is 9.70. The lowest BCUT2D eigenvalue weighted by Gasteiger charge is -2.42. The molecule has 1 atom stereocenters. The first kappa shape index (κ1) is 27.3. The minimum Gasteiger partial charge on any atom is -0.444 e. The Hall–Kier alpha value is -2.31. The highest BCUT2D eigenvalue weighted by Crippen LogP contribution is 2.39. The summed E-state index contributed by atoms with van der Waals surface area (Å²) >= 11 is 12.2. The summed E-state index contributed by atoms with van der Waals surface area (Å²) < 4.78 is 19.1. The molecule has 0 aliphatic carbocycles. The number of amides is 2. The molecule has 1 saturated heterocycles. The van der Waals surface area contributed by atoms with Gasteiger partial charge in [0.2, 0.25) is 5.91 Å². The summed E-state index contributed by atoms with van der Waals surface area (Å²) in [7, 11) is 0. The van der Waals surface area contributed by atoms with Gasteiger partial charge < -0.3 is 15.0 Å². The zero-order chi connectivity index (χ0) is 25.8. The highest BCUT2D eigenvalue weighted by atomic mass is 35.5. The summed E-state index contributed by atoms with van der Waals surface area (Å²) in [5.41, 5.74) is 0.764. The second kappa shape index (κ2) is 11.2. The molecule has 3 rings (SSSR count). The lowest BCUT2D eigenvalue weighted by molar-refractivity contribution is -0.122. The van der Waals surface area contributed by atoms with Crippen LogP contribution in [0.15, 0.2) is 42.5 Å². The average molecular weight is 523 g/mol. The van der Waals surface area contributed by atoms with Gasteiger partial charge in [-0.3, -0.25) is 4.79 Å². The van der Waals surface area contributed by atoms with Crippen LogP contribution in [0.2, 0.25) is 10.0 Å². The zero-order valence-electron chi connectivity index (χ0n) is 20.7. The Kier molecular flexibility index (Phi) is 8.71. The van der Waals surface area contributed by atoms with Crippen LogP contribution in [0.25, 0.3) is 0 Å². The van der Waals surface area contributed by atoms with Gasteiger partial charge in [0, 0.05) is 41.5 Å². The quantitative estimate of drug-likeness (QED) is 0.458. The average Bonchev–Trinajstić information content (AvgIpc) is 2.76. The van der Waals surface area contributed by atoms with Crippen molar-refractivity contribution >= 4 is 35.2 Å². The first-order valence-corrected chi connectivity index (χ1v) is 12.6. The van der Waals surface area contributed by atoms with Gasteiger partial charge in [0.05, 0.1) is 0 Å². The van der Waals surface area contributed by atoms with E-state index in [0.717, 1.165) is 11.1 Å². The van der Waals surface area contributed by atoms with Gasteiger partial charge in [-0.05, 0) is 81.0 Å². The molecule has 1 fully saturated rings. The van der Waals surface area contributed by atoms with Crippen molar-refractivity contribution in [3.8, 4) is 0 Å². The fraction of sp³-hybridized carbons (Fsp3) is 0.481. The second-order valence-corrected chi connectivity index (χ2v) is 11.2. The number of nitrogens with zero attached hydrogens (tertiary/aromatic N) is 1. The summed E-state index contributed by atoms with van der Waals surface area (Å²) in [6.07, 6.45) is 1.03. The Morgan fingerprint density at radius 1 is 1.09 bits per heavy atom. The van der Waals surface area contributed by atoms with Gasteiger partial charge in [0.1, 0.15) is 11.4 Å². The normalized spacial score (nSPS) is 16.5. The molecule has 0 radical (unpaired) electrons. The Balaban J connectivity index is 1.69. The number of nitrogens with one attached hydrogen (secondary N) is 1. The number of carbonyl (C=O) groups is 2.